The Hall–Kier alpha value is -1.21. The summed E-state index contributed by atoms with van der Waals surface area (Å²) in [5, 5.41) is 0. The highest BCUT2D eigenvalue weighted by Gasteiger charge is 2.15. The molecule has 18 heavy (non-hydrogen) atoms. The third-order valence-corrected chi connectivity index (χ3v) is 4.20. The van der Waals surface area contributed by atoms with E-state index in [1.165, 1.54) is 23.5 Å². The second-order valence-corrected chi connectivity index (χ2v) is 6.04. The smallest absolute Gasteiger partial charge is 0.387 e. The monoisotopic (exact) mass is 279 g/mol. The van der Waals surface area contributed by atoms with Crippen molar-refractivity contribution in [1.29, 1.82) is 0 Å². The van der Waals surface area contributed by atoms with Crippen LogP contribution in [0.3, 0.4) is 0 Å². The molecule has 0 amide bonds. The number of hydrogen-bond donors (Lipinski definition) is 0. The first-order valence-electron chi connectivity index (χ1n) is 5.33. The molecule has 1 aromatic carbocycles. The minimum atomic E-state index is -3.24. The number of sulfonamides is 1. The summed E-state index contributed by atoms with van der Waals surface area (Å²) in [6.45, 7) is -1.10. The molecule has 0 aliphatic rings. The van der Waals surface area contributed by atoms with E-state index < -0.39 is 16.6 Å². The van der Waals surface area contributed by atoms with Crippen LogP contribution in [0.1, 0.15) is 12.5 Å². The molecular weight excluding hydrogens is 264 g/mol. The van der Waals surface area contributed by atoms with Crippen molar-refractivity contribution in [3.8, 4) is 5.75 Å². The van der Waals surface area contributed by atoms with E-state index in [1.54, 1.807) is 19.1 Å². The Morgan fingerprint density at radius 3 is 2.28 bits per heavy atom. The summed E-state index contributed by atoms with van der Waals surface area (Å²) in [6, 6.07) is 5.88. The van der Waals surface area contributed by atoms with Crippen LogP contribution in [0.4, 0.5) is 8.78 Å². The van der Waals surface area contributed by atoms with Gasteiger partial charge in [0.1, 0.15) is 5.75 Å². The highest BCUT2D eigenvalue weighted by atomic mass is 32.2. The molecule has 0 heterocycles. The molecule has 0 fully saturated rings. The highest BCUT2D eigenvalue weighted by Crippen LogP contribution is 2.16. The van der Waals surface area contributed by atoms with Gasteiger partial charge in [0, 0.05) is 13.6 Å². The third-order valence-electron chi connectivity index (χ3n) is 2.39. The zero-order valence-corrected chi connectivity index (χ0v) is 11.0. The maximum Gasteiger partial charge on any atom is 0.387 e. The summed E-state index contributed by atoms with van der Waals surface area (Å²) in [7, 11) is -1.77. The second-order valence-electron chi connectivity index (χ2n) is 3.68. The molecule has 0 spiro atoms. The molecule has 0 aliphatic carbocycles. The van der Waals surface area contributed by atoms with Crippen molar-refractivity contribution in [1.82, 2.24) is 4.31 Å². The van der Waals surface area contributed by atoms with E-state index in [0.717, 1.165) is 0 Å². The van der Waals surface area contributed by atoms with Gasteiger partial charge >= 0.3 is 6.61 Å². The maximum absolute atomic E-state index is 11.9. The molecule has 0 saturated heterocycles. The van der Waals surface area contributed by atoms with Crippen molar-refractivity contribution in [2.75, 3.05) is 12.8 Å². The lowest BCUT2D eigenvalue weighted by molar-refractivity contribution is -0.0498. The largest absolute Gasteiger partial charge is 0.435 e. The van der Waals surface area contributed by atoms with Crippen LogP contribution in [-0.4, -0.2) is 32.1 Å². The van der Waals surface area contributed by atoms with E-state index in [4.69, 9.17) is 0 Å². The third kappa shape index (κ3) is 4.23. The average molecular weight is 279 g/mol. The molecule has 0 aromatic heterocycles. The van der Waals surface area contributed by atoms with Gasteiger partial charge in [0.25, 0.3) is 0 Å². The molecule has 1 rings (SSSR count). The van der Waals surface area contributed by atoms with Crippen LogP contribution in [0, 0.1) is 0 Å². The van der Waals surface area contributed by atoms with Crippen molar-refractivity contribution in [2.45, 2.75) is 20.1 Å². The number of halogens is 2. The van der Waals surface area contributed by atoms with Crippen molar-refractivity contribution in [3.63, 3.8) is 0 Å². The molecule has 0 atom stereocenters. The van der Waals surface area contributed by atoms with E-state index in [1.807, 2.05) is 0 Å². The normalized spacial score (nSPS) is 12.1. The van der Waals surface area contributed by atoms with Crippen LogP contribution < -0.4 is 4.74 Å². The molecule has 102 valence electrons. The Labute approximate surface area is 105 Å². The number of rotatable bonds is 6. The minimum absolute atomic E-state index is 0.0239. The number of alkyl halides is 2. The zero-order chi connectivity index (χ0) is 13.8. The predicted octanol–water partition coefficient (Wildman–Crippen LogP) is 2.07. The van der Waals surface area contributed by atoms with Crippen molar-refractivity contribution in [3.05, 3.63) is 29.8 Å². The number of benzene rings is 1. The summed E-state index contributed by atoms with van der Waals surface area (Å²) in [5.41, 5.74) is 0.705. The topological polar surface area (TPSA) is 46.6 Å². The Bertz CT molecular complexity index is 474. The summed E-state index contributed by atoms with van der Waals surface area (Å²) in [5.74, 6) is 0.0746. The second kappa shape index (κ2) is 6.10. The summed E-state index contributed by atoms with van der Waals surface area (Å²) >= 11 is 0. The van der Waals surface area contributed by atoms with Crippen LogP contribution in [0.15, 0.2) is 24.3 Å². The van der Waals surface area contributed by atoms with Gasteiger partial charge in [0.15, 0.2) is 0 Å². The fraction of sp³-hybridized carbons (Fsp3) is 0.455. The summed E-state index contributed by atoms with van der Waals surface area (Å²) in [6.07, 6.45) is 0. The van der Waals surface area contributed by atoms with Crippen molar-refractivity contribution in [2.24, 2.45) is 0 Å². The number of nitrogens with zero attached hydrogens (tertiary/aromatic N) is 1. The standard InChI is InChI=1S/C11H15F2NO3S/c1-3-18(15,16)14(2)8-9-4-6-10(7-5-9)17-11(12)13/h4-7,11H,3,8H2,1-2H3. The SMILES string of the molecule is CCS(=O)(=O)N(C)Cc1ccc(OC(F)F)cc1. The molecule has 4 nitrogen and oxygen atoms in total. The van der Waals surface area contributed by atoms with Gasteiger partial charge < -0.3 is 4.74 Å². The fourth-order valence-electron chi connectivity index (χ4n) is 1.35. The van der Waals surface area contributed by atoms with Gasteiger partial charge in [-0.2, -0.15) is 8.78 Å². The van der Waals surface area contributed by atoms with Crippen LogP contribution in [0.5, 0.6) is 5.75 Å². The average Bonchev–Trinajstić information content (AvgIpc) is 2.31. The first-order chi connectivity index (χ1) is 8.35. The fourth-order valence-corrected chi connectivity index (χ4v) is 2.14. The quantitative estimate of drug-likeness (QED) is 0.801. The highest BCUT2D eigenvalue weighted by molar-refractivity contribution is 7.89. The Morgan fingerprint density at radius 1 is 1.28 bits per heavy atom. The van der Waals surface area contributed by atoms with E-state index >= 15 is 0 Å². The number of hydrogen-bond acceptors (Lipinski definition) is 3. The molecule has 0 saturated carbocycles. The lowest BCUT2D eigenvalue weighted by Gasteiger charge is -2.16. The molecular formula is C11H15F2NO3S. The predicted molar refractivity (Wildman–Crippen MR) is 64.0 cm³/mol. The van der Waals surface area contributed by atoms with Gasteiger partial charge in [0.2, 0.25) is 10.0 Å². The number of ether oxygens (including phenoxy) is 1. The van der Waals surface area contributed by atoms with Gasteiger partial charge in [-0.25, -0.2) is 12.7 Å². The lowest BCUT2D eigenvalue weighted by Crippen LogP contribution is -2.27. The maximum atomic E-state index is 11.9. The first kappa shape index (κ1) is 14.8. The van der Waals surface area contributed by atoms with Crippen molar-refractivity contribution >= 4 is 10.0 Å². The molecule has 1 aromatic rings. The Morgan fingerprint density at radius 2 is 1.83 bits per heavy atom. The van der Waals surface area contributed by atoms with Crippen LogP contribution >= 0.6 is 0 Å². The molecule has 0 N–H and O–H groups in total. The molecule has 0 aliphatic heterocycles. The Balaban J connectivity index is 2.70. The molecule has 0 unspecified atom stereocenters. The van der Waals surface area contributed by atoms with Crippen molar-refractivity contribution < 1.29 is 21.9 Å². The Kier molecular flexibility index (Phi) is 5.03. The van der Waals surface area contributed by atoms with Gasteiger partial charge in [-0.15, -0.1) is 0 Å². The van der Waals surface area contributed by atoms with Gasteiger partial charge in [-0.05, 0) is 24.6 Å². The first-order valence-corrected chi connectivity index (χ1v) is 6.94. The molecule has 7 heteroatoms. The van der Waals surface area contributed by atoms with Crippen LogP contribution in [0.2, 0.25) is 0 Å². The van der Waals surface area contributed by atoms with E-state index in [9.17, 15) is 17.2 Å². The van der Waals surface area contributed by atoms with E-state index in [0.29, 0.717) is 5.56 Å². The van der Waals surface area contributed by atoms with Gasteiger partial charge in [0.05, 0.1) is 5.75 Å². The zero-order valence-electron chi connectivity index (χ0n) is 10.1. The van der Waals surface area contributed by atoms with E-state index in [-0.39, 0.29) is 18.0 Å². The van der Waals surface area contributed by atoms with Crippen LogP contribution in [-0.2, 0) is 16.6 Å². The summed E-state index contributed by atoms with van der Waals surface area (Å²) < 4.78 is 52.3. The van der Waals surface area contributed by atoms with E-state index in [2.05, 4.69) is 4.74 Å². The lowest BCUT2D eigenvalue weighted by atomic mass is 10.2. The van der Waals surface area contributed by atoms with Gasteiger partial charge in [-0.3, -0.25) is 0 Å². The van der Waals surface area contributed by atoms with Crippen LogP contribution in [0.25, 0.3) is 0 Å². The molecule has 0 bridgehead atoms. The van der Waals surface area contributed by atoms with Gasteiger partial charge in [-0.1, -0.05) is 12.1 Å². The molecule has 0 radical (unpaired) electrons. The minimum Gasteiger partial charge on any atom is -0.435 e. The summed E-state index contributed by atoms with van der Waals surface area (Å²) in [4.78, 5) is 0.